The topological polar surface area (TPSA) is 251 Å². The van der Waals surface area contributed by atoms with Crippen LogP contribution in [-0.4, -0.2) is 170 Å². The van der Waals surface area contributed by atoms with Crippen molar-refractivity contribution >= 4 is 35.7 Å². The number of hydrogen-bond acceptors (Lipinski definition) is 12. The average molecular weight is 637 g/mol. The number of amides is 2. The molecule has 1 aliphatic rings. The summed E-state index contributed by atoms with van der Waals surface area (Å²) in [5.74, 6) is -6.12. The van der Waals surface area contributed by atoms with Crippen molar-refractivity contribution in [1.82, 2.24) is 20.4 Å². The molecule has 1 fully saturated rings. The Kier molecular flexibility index (Phi) is 20.2. The molecule has 0 radical (unpaired) electrons. The zero-order valence-corrected chi connectivity index (χ0v) is 24.6. The van der Waals surface area contributed by atoms with Crippen molar-refractivity contribution in [3.8, 4) is 0 Å². The van der Waals surface area contributed by atoms with Crippen LogP contribution in [0, 0.1) is 0 Å². The molecule has 1 heterocycles. The fraction of sp³-hybridized carbons (Fsp3) is 0.769. The number of carboxylic acids is 4. The minimum atomic E-state index is -1.32. The van der Waals surface area contributed by atoms with Gasteiger partial charge in [0.15, 0.2) is 0 Å². The van der Waals surface area contributed by atoms with Crippen LogP contribution >= 0.6 is 0 Å². The highest BCUT2D eigenvalue weighted by Gasteiger charge is 2.23. The minimum absolute atomic E-state index is 0.146. The van der Waals surface area contributed by atoms with Gasteiger partial charge in [-0.05, 0) is 12.8 Å². The molecular formula is C26H44N4O14. The van der Waals surface area contributed by atoms with Gasteiger partial charge in [0, 0.05) is 39.0 Å². The van der Waals surface area contributed by atoms with E-state index in [1.54, 1.807) is 9.80 Å². The van der Waals surface area contributed by atoms with Gasteiger partial charge in [-0.25, -0.2) is 9.59 Å². The van der Waals surface area contributed by atoms with Gasteiger partial charge < -0.3 is 50.0 Å². The van der Waals surface area contributed by atoms with Gasteiger partial charge in [0.25, 0.3) is 0 Å². The summed E-state index contributed by atoms with van der Waals surface area (Å²) in [4.78, 5) is 72.7. The van der Waals surface area contributed by atoms with Crippen LogP contribution in [0.15, 0.2) is 0 Å². The van der Waals surface area contributed by atoms with Gasteiger partial charge >= 0.3 is 23.9 Å². The lowest BCUT2D eigenvalue weighted by Gasteiger charge is -2.24. The van der Waals surface area contributed by atoms with E-state index in [1.165, 1.54) is 0 Å². The number of carbonyl (C=O) groups is 6. The monoisotopic (exact) mass is 636 g/mol. The Morgan fingerprint density at radius 1 is 0.523 bits per heavy atom. The van der Waals surface area contributed by atoms with Crippen LogP contribution < -0.4 is 10.6 Å². The summed E-state index contributed by atoms with van der Waals surface area (Å²) in [5.41, 5.74) is 0. The Hall–Kier alpha value is -3.42. The summed E-state index contributed by atoms with van der Waals surface area (Å²) in [5, 5.41) is 40.8. The number of carbonyl (C=O) groups excluding carboxylic acids is 2. The molecule has 0 aromatic carbocycles. The molecule has 0 spiro atoms. The largest absolute Gasteiger partial charge is 0.481 e. The van der Waals surface area contributed by atoms with Crippen LogP contribution in [0.4, 0.5) is 0 Å². The molecule has 44 heavy (non-hydrogen) atoms. The molecule has 1 saturated heterocycles. The number of nitrogens with one attached hydrogen (secondary N) is 2. The lowest BCUT2D eigenvalue weighted by molar-refractivity contribution is -0.144. The normalized spacial score (nSPS) is 18.5. The van der Waals surface area contributed by atoms with Crippen LogP contribution in [0.1, 0.15) is 25.7 Å². The summed E-state index contributed by atoms with van der Waals surface area (Å²) >= 11 is 0. The maximum Gasteiger partial charge on any atom is 0.326 e. The predicted octanol–water partition coefficient (Wildman–Crippen LogP) is -2.46. The SMILES string of the molecule is O=C(O)CCC(NC(=O)CN1CCOCCOCCN(CC(=O)NC(CCC(=O)O)C(=O)O)CCOCCOCC1)C(=O)O. The first-order valence-electron chi connectivity index (χ1n) is 14.2. The summed E-state index contributed by atoms with van der Waals surface area (Å²) < 4.78 is 22.3. The van der Waals surface area contributed by atoms with E-state index < -0.39 is 60.6 Å². The molecule has 0 aromatic heterocycles. The molecule has 1 aliphatic heterocycles. The number of aliphatic carboxylic acids is 4. The Morgan fingerprint density at radius 3 is 1.07 bits per heavy atom. The molecule has 18 nitrogen and oxygen atoms in total. The van der Waals surface area contributed by atoms with Gasteiger partial charge in [-0.15, -0.1) is 0 Å². The minimum Gasteiger partial charge on any atom is -0.481 e. The van der Waals surface area contributed by atoms with Crippen LogP contribution in [0.5, 0.6) is 0 Å². The number of rotatable bonds is 14. The fourth-order valence-electron chi connectivity index (χ4n) is 3.89. The zero-order chi connectivity index (χ0) is 32.7. The van der Waals surface area contributed by atoms with Gasteiger partial charge in [0.2, 0.25) is 11.8 Å². The van der Waals surface area contributed by atoms with Crippen LogP contribution in [0.25, 0.3) is 0 Å². The Bertz CT molecular complexity index is 829. The highest BCUT2D eigenvalue weighted by molar-refractivity contribution is 5.85. The quantitative estimate of drug-likeness (QED) is 0.116. The Morgan fingerprint density at radius 2 is 0.818 bits per heavy atom. The molecule has 0 aliphatic carbocycles. The summed E-state index contributed by atoms with van der Waals surface area (Å²) in [7, 11) is 0. The standard InChI is InChI=1S/C26H44N4O14/c31-21(27-19(25(37)38)1-3-23(33)34)17-29-5-9-41-13-15-43-11-7-30(8-12-44-16-14-42-10-6-29)18-22(32)28-20(26(39)40)2-4-24(35)36/h19-20H,1-18H2,(H,27,31)(H,28,32)(H,33,34)(H,35,36)(H,37,38)(H,39,40). The van der Waals surface area contributed by atoms with Crippen LogP contribution in [0.2, 0.25) is 0 Å². The smallest absolute Gasteiger partial charge is 0.326 e. The molecular weight excluding hydrogens is 592 g/mol. The lowest BCUT2D eigenvalue weighted by atomic mass is 10.1. The van der Waals surface area contributed by atoms with Gasteiger partial charge in [-0.1, -0.05) is 0 Å². The maximum absolute atomic E-state index is 12.5. The number of carboxylic acid groups (broad SMARTS) is 4. The van der Waals surface area contributed by atoms with Crippen molar-refractivity contribution in [2.24, 2.45) is 0 Å². The zero-order valence-electron chi connectivity index (χ0n) is 24.6. The first-order valence-corrected chi connectivity index (χ1v) is 14.2. The average Bonchev–Trinajstić information content (AvgIpc) is 2.94. The van der Waals surface area contributed by atoms with Crippen molar-refractivity contribution in [2.75, 3.05) is 92.1 Å². The second-order valence-corrected chi connectivity index (χ2v) is 9.78. The third kappa shape index (κ3) is 19.7. The third-order valence-corrected chi connectivity index (χ3v) is 6.25. The third-order valence-electron chi connectivity index (χ3n) is 6.25. The van der Waals surface area contributed by atoms with Crippen molar-refractivity contribution in [3.05, 3.63) is 0 Å². The maximum atomic E-state index is 12.5. The molecule has 0 saturated carbocycles. The van der Waals surface area contributed by atoms with Crippen molar-refractivity contribution in [2.45, 2.75) is 37.8 Å². The van der Waals surface area contributed by atoms with Crippen molar-refractivity contribution in [3.63, 3.8) is 0 Å². The molecule has 2 unspecified atom stereocenters. The van der Waals surface area contributed by atoms with Gasteiger partial charge in [0.1, 0.15) is 12.1 Å². The van der Waals surface area contributed by atoms with E-state index in [2.05, 4.69) is 10.6 Å². The molecule has 0 bridgehead atoms. The first-order chi connectivity index (χ1) is 21.0. The van der Waals surface area contributed by atoms with E-state index in [-0.39, 0.29) is 78.8 Å². The second-order valence-electron chi connectivity index (χ2n) is 9.78. The van der Waals surface area contributed by atoms with E-state index in [0.29, 0.717) is 26.2 Å². The number of hydrogen-bond donors (Lipinski definition) is 6. The van der Waals surface area contributed by atoms with E-state index in [4.69, 9.17) is 29.2 Å². The van der Waals surface area contributed by atoms with Gasteiger partial charge in [-0.3, -0.25) is 29.0 Å². The molecule has 0 aromatic rings. The van der Waals surface area contributed by atoms with E-state index in [1.807, 2.05) is 0 Å². The lowest BCUT2D eigenvalue weighted by Crippen LogP contribution is -2.47. The molecule has 2 atom stereocenters. The fourth-order valence-corrected chi connectivity index (χ4v) is 3.89. The summed E-state index contributed by atoms with van der Waals surface area (Å²) in [6, 6.07) is -2.65. The van der Waals surface area contributed by atoms with E-state index in [9.17, 15) is 39.0 Å². The van der Waals surface area contributed by atoms with Crippen LogP contribution in [-0.2, 0) is 47.7 Å². The first kappa shape index (κ1) is 38.6. The van der Waals surface area contributed by atoms with Crippen molar-refractivity contribution < 1.29 is 68.1 Å². The number of nitrogens with zero attached hydrogens (tertiary/aromatic N) is 2. The molecule has 6 N–H and O–H groups in total. The Labute approximate surface area is 254 Å². The second kappa shape index (κ2) is 23.0. The molecule has 2 amide bonds. The van der Waals surface area contributed by atoms with Gasteiger partial charge in [-0.2, -0.15) is 0 Å². The summed E-state index contributed by atoms with van der Waals surface area (Å²) in [6.07, 6.45) is -1.28. The summed E-state index contributed by atoms with van der Waals surface area (Å²) in [6.45, 7) is 2.90. The highest BCUT2D eigenvalue weighted by atomic mass is 16.5. The Balaban J connectivity index is 2.57. The molecule has 252 valence electrons. The van der Waals surface area contributed by atoms with E-state index in [0.717, 1.165) is 0 Å². The highest BCUT2D eigenvalue weighted by Crippen LogP contribution is 2.01. The number of ether oxygens (including phenoxy) is 4. The molecule has 18 heteroatoms. The predicted molar refractivity (Wildman–Crippen MR) is 149 cm³/mol. The molecule has 1 rings (SSSR count). The van der Waals surface area contributed by atoms with E-state index >= 15 is 0 Å². The van der Waals surface area contributed by atoms with Crippen LogP contribution in [0.3, 0.4) is 0 Å². The van der Waals surface area contributed by atoms with Crippen molar-refractivity contribution in [1.29, 1.82) is 0 Å². The van der Waals surface area contributed by atoms with Gasteiger partial charge in [0.05, 0.1) is 65.9 Å².